The Morgan fingerprint density at radius 1 is 1.86 bits per heavy atom. The number of nitrogens with one attached hydrogen (secondary N) is 1. The Kier molecular flexibility index (Phi) is 3.29. The van der Waals surface area contributed by atoms with E-state index in [1.54, 1.807) is 0 Å². The lowest BCUT2D eigenvalue weighted by molar-refractivity contribution is 0.805. The lowest BCUT2D eigenvalue weighted by atomic mass is 10.1. The summed E-state index contributed by atoms with van der Waals surface area (Å²) in [6.07, 6.45) is 4.18. The Hall–Kier alpha value is -0.590. The fourth-order valence-electron chi connectivity index (χ4n) is 0.331. The molecule has 0 aliphatic rings. The molecule has 1 heteroatoms. The predicted molar refractivity (Wildman–Crippen MR) is 32.8 cm³/mol. The van der Waals surface area contributed by atoms with Crippen LogP contribution in [0.3, 0.4) is 0 Å². The van der Waals surface area contributed by atoms with Gasteiger partial charge in [-0.05, 0) is 18.6 Å². The molecule has 0 amide bonds. The lowest BCUT2D eigenvalue weighted by Gasteiger charge is -1.94. The van der Waals surface area contributed by atoms with E-state index in [1.807, 2.05) is 13.0 Å². The van der Waals surface area contributed by atoms with E-state index in [0.717, 1.165) is 6.42 Å². The summed E-state index contributed by atoms with van der Waals surface area (Å²) in [6, 6.07) is 0. The molecule has 0 heterocycles. The summed E-state index contributed by atoms with van der Waals surface area (Å²) in [5, 5.41) is 6.74. The van der Waals surface area contributed by atoms with Crippen molar-refractivity contribution in [2.24, 2.45) is 5.92 Å². The third-order valence-corrected chi connectivity index (χ3v) is 0.823. The van der Waals surface area contributed by atoms with Crippen molar-refractivity contribution < 1.29 is 0 Å². The molecule has 0 aromatic rings. The Morgan fingerprint density at radius 3 is 2.57 bits per heavy atom. The highest BCUT2D eigenvalue weighted by atomic mass is 14.3. The van der Waals surface area contributed by atoms with Crippen LogP contribution in [0, 0.1) is 11.3 Å². The summed E-state index contributed by atoms with van der Waals surface area (Å²) < 4.78 is 0. The third kappa shape index (κ3) is 3.23. The van der Waals surface area contributed by atoms with Crippen LogP contribution in [-0.2, 0) is 0 Å². The van der Waals surface area contributed by atoms with Crippen LogP contribution < -0.4 is 0 Å². The van der Waals surface area contributed by atoms with Gasteiger partial charge >= 0.3 is 0 Å². The van der Waals surface area contributed by atoms with Gasteiger partial charge in [0.15, 0.2) is 0 Å². The fourth-order valence-corrected chi connectivity index (χ4v) is 0.331. The molecule has 0 aromatic carbocycles. The average Bonchev–Trinajstić information content (AvgIpc) is 1.68. The van der Waals surface area contributed by atoms with E-state index >= 15 is 0 Å². The van der Waals surface area contributed by atoms with E-state index in [9.17, 15) is 0 Å². The standard InChI is InChI=1S/C6H11N/c1-3-4-6(2)5-7/h3,5-7H,1,4H2,2H3. The molecule has 1 N–H and O–H groups in total. The zero-order chi connectivity index (χ0) is 5.70. The second kappa shape index (κ2) is 3.59. The molecule has 0 aromatic heterocycles. The second-order valence-electron chi connectivity index (χ2n) is 1.67. The number of hydrogen-bond donors (Lipinski definition) is 1. The van der Waals surface area contributed by atoms with Gasteiger partial charge < -0.3 is 5.41 Å². The van der Waals surface area contributed by atoms with Gasteiger partial charge in [-0.3, -0.25) is 0 Å². The molecular formula is C6H11N. The first-order valence-electron chi connectivity index (χ1n) is 2.42. The molecular weight excluding hydrogens is 86.1 g/mol. The molecule has 0 rings (SSSR count). The highest BCUT2D eigenvalue weighted by Gasteiger charge is 1.88. The van der Waals surface area contributed by atoms with Gasteiger partial charge in [-0.1, -0.05) is 13.0 Å². The molecule has 7 heavy (non-hydrogen) atoms. The topological polar surface area (TPSA) is 23.9 Å². The van der Waals surface area contributed by atoms with Crippen molar-refractivity contribution in [2.45, 2.75) is 13.3 Å². The first-order valence-corrected chi connectivity index (χ1v) is 2.42. The molecule has 40 valence electrons. The smallest absolute Gasteiger partial charge is 0.00164 e. The fraction of sp³-hybridized carbons (Fsp3) is 0.500. The van der Waals surface area contributed by atoms with E-state index < -0.39 is 0 Å². The Labute approximate surface area is 44.6 Å². The maximum Gasteiger partial charge on any atom is -0.00164 e. The normalized spacial score (nSPS) is 12.7. The summed E-state index contributed by atoms with van der Waals surface area (Å²) in [4.78, 5) is 0. The van der Waals surface area contributed by atoms with Gasteiger partial charge in [-0.15, -0.1) is 6.58 Å². The molecule has 0 spiro atoms. The van der Waals surface area contributed by atoms with Gasteiger partial charge in [0.1, 0.15) is 0 Å². The van der Waals surface area contributed by atoms with Crippen LogP contribution in [0.2, 0.25) is 0 Å². The van der Waals surface area contributed by atoms with Crippen molar-refractivity contribution in [1.82, 2.24) is 0 Å². The van der Waals surface area contributed by atoms with Crippen molar-refractivity contribution in [3.8, 4) is 0 Å². The highest BCUT2D eigenvalue weighted by molar-refractivity contribution is 5.56. The van der Waals surface area contributed by atoms with Gasteiger partial charge in [-0.25, -0.2) is 0 Å². The zero-order valence-electron chi connectivity index (χ0n) is 4.65. The first-order chi connectivity index (χ1) is 3.31. The molecule has 0 aliphatic carbocycles. The summed E-state index contributed by atoms with van der Waals surface area (Å²) in [7, 11) is 0. The Morgan fingerprint density at radius 2 is 2.43 bits per heavy atom. The van der Waals surface area contributed by atoms with Crippen LogP contribution in [0.5, 0.6) is 0 Å². The molecule has 0 saturated heterocycles. The summed E-state index contributed by atoms with van der Waals surface area (Å²) in [5.41, 5.74) is 0. The Balaban J connectivity index is 3.15. The van der Waals surface area contributed by atoms with Crippen LogP contribution >= 0.6 is 0 Å². The monoisotopic (exact) mass is 97.1 g/mol. The minimum absolute atomic E-state index is 0.373. The Bertz CT molecular complexity index is 66.6. The van der Waals surface area contributed by atoms with Gasteiger partial charge in [0, 0.05) is 0 Å². The summed E-state index contributed by atoms with van der Waals surface area (Å²) in [6.45, 7) is 5.54. The molecule has 0 saturated carbocycles. The van der Waals surface area contributed by atoms with Crippen molar-refractivity contribution in [1.29, 1.82) is 5.41 Å². The van der Waals surface area contributed by atoms with Crippen molar-refractivity contribution in [2.75, 3.05) is 0 Å². The van der Waals surface area contributed by atoms with Crippen LogP contribution in [0.25, 0.3) is 0 Å². The van der Waals surface area contributed by atoms with Crippen molar-refractivity contribution in [3.63, 3.8) is 0 Å². The third-order valence-electron chi connectivity index (χ3n) is 0.823. The molecule has 0 radical (unpaired) electrons. The number of allylic oxidation sites excluding steroid dienone is 1. The van der Waals surface area contributed by atoms with Gasteiger partial charge in [0.05, 0.1) is 0 Å². The van der Waals surface area contributed by atoms with E-state index in [0.29, 0.717) is 5.92 Å². The minimum Gasteiger partial charge on any atom is -0.313 e. The lowest BCUT2D eigenvalue weighted by Crippen LogP contribution is -1.89. The van der Waals surface area contributed by atoms with Crippen LogP contribution in [0.4, 0.5) is 0 Å². The highest BCUT2D eigenvalue weighted by Crippen LogP contribution is 1.95. The molecule has 0 bridgehead atoms. The summed E-state index contributed by atoms with van der Waals surface area (Å²) in [5.74, 6) is 0.373. The average molecular weight is 97.2 g/mol. The second-order valence-corrected chi connectivity index (χ2v) is 1.67. The largest absolute Gasteiger partial charge is 0.313 e. The van der Waals surface area contributed by atoms with Crippen molar-refractivity contribution >= 4 is 6.21 Å². The zero-order valence-corrected chi connectivity index (χ0v) is 4.65. The molecule has 1 nitrogen and oxygen atoms in total. The number of rotatable bonds is 3. The molecule has 1 atom stereocenters. The van der Waals surface area contributed by atoms with Crippen molar-refractivity contribution in [3.05, 3.63) is 12.7 Å². The molecule has 1 unspecified atom stereocenters. The summed E-state index contributed by atoms with van der Waals surface area (Å²) >= 11 is 0. The SMILES string of the molecule is C=CCC(C)C=N. The maximum absolute atomic E-state index is 6.74. The van der Waals surface area contributed by atoms with Gasteiger partial charge in [0.2, 0.25) is 0 Å². The van der Waals surface area contributed by atoms with E-state index in [1.165, 1.54) is 6.21 Å². The number of hydrogen-bond acceptors (Lipinski definition) is 1. The minimum atomic E-state index is 0.373. The van der Waals surface area contributed by atoms with Crippen LogP contribution in [0.15, 0.2) is 12.7 Å². The predicted octanol–water partition coefficient (Wildman–Crippen LogP) is 1.85. The quantitative estimate of drug-likeness (QED) is 0.410. The van der Waals surface area contributed by atoms with Gasteiger partial charge in [-0.2, -0.15) is 0 Å². The maximum atomic E-state index is 6.74. The van der Waals surface area contributed by atoms with E-state index in [4.69, 9.17) is 5.41 Å². The van der Waals surface area contributed by atoms with E-state index in [2.05, 4.69) is 6.58 Å². The molecule has 0 fully saturated rings. The van der Waals surface area contributed by atoms with Gasteiger partial charge in [0.25, 0.3) is 0 Å². The van der Waals surface area contributed by atoms with E-state index in [-0.39, 0.29) is 0 Å². The van der Waals surface area contributed by atoms with Crippen LogP contribution in [-0.4, -0.2) is 6.21 Å². The first kappa shape index (κ1) is 6.41. The molecule has 0 aliphatic heterocycles. The van der Waals surface area contributed by atoms with Crippen LogP contribution in [0.1, 0.15) is 13.3 Å².